The van der Waals surface area contributed by atoms with E-state index in [2.05, 4.69) is 4.98 Å². The van der Waals surface area contributed by atoms with Gasteiger partial charge in [-0.3, -0.25) is 9.59 Å². The lowest BCUT2D eigenvalue weighted by Crippen LogP contribution is -2.41. The number of aromatic amines is 1. The second kappa shape index (κ2) is 8.20. The van der Waals surface area contributed by atoms with Crippen LogP contribution in [0.15, 0.2) is 41.3 Å². The number of alkyl halides is 3. The number of nitrogens with one attached hydrogen (secondary N) is 1. The summed E-state index contributed by atoms with van der Waals surface area (Å²) in [5, 5.41) is 0. The molecule has 3 rings (SSSR count). The first-order valence-corrected chi connectivity index (χ1v) is 9.39. The number of carbonyl (C=O) groups is 1. The Morgan fingerprint density at radius 1 is 1.29 bits per heavy atom. The highest BCUT2D eigenvalue weighted by Crippen LogP contribution is 2.33. The Morgan fingerprint density at radius 2 is 2.04 bits per heavy atom. The molecule has 2 aromatic rings. The van der Waals surface area contributed by atoms with Gasteiger partial charge in [-0.05, 0) is 50.2 Å². The molecule has 1 N–H and O–H groups in total. The first-order valence-electron chi connectivity index (χ1n) is 9.39. The number of amides is 1. The van der Waals surface area contributed by atoms with E-state index in [1.165, 1.54) is 24.4 Å². The number of halogens is 3. The number of benzene rings is 1. The molecule has 7 heteroatoms. The predicted octanol–water partition coefficient (Wildman–Crippen LogP) is 4.19. The van der Waals surface area contributed by atoms with Gasteiger partial charge in [0.25, 0.3) is 5.91 Å². The highest BCUT2D eigenvalue weighted by molar-refractivity contribution is 5.93. The van der Waals surface area contributed by atoms with E-state index in [0.717, 1.165) is 18.9 Å². The summed E-state index contributed by atoms with van der Waals surface area (Å²) in [6, 6.07) is 7.02. The van der Waals surface area contributed by atoms with Gasteiger partial charge in [-0.25, -0.2) is 0 Å². The van der Waals surface area contributed by atoms with Crippen LogP contribution in [0.4, 0.5) is 13.2 Å². The fourth-order valence-electron chi connectivity index (χ4n) is 3.77. The Kier molecular flexibility index (Phi) is 5.91. The number of hydrogen-bond acceptors (Lipinski definition) is 2. The molecule has 0 bridgehead atoms. The van der Waals surface area contributed by atoms with Crippen LogP contribution < -0.4 is 5.43 Å². The van der Waals surface area contributed by atoms with Crippen molar-refractivity contribution in [2.75, 3.05) is 13.1 Å². The molecule has 0 saturated carbocycles. The van der Waals surface area contributed by atoms with Crippen LogP contribution in [0, 0.1) is 12.8 Å². The number of hydrogen-bond donors (Lipinski definition) is 1. The van der Waals surface area contributed by atoms with Crippen LogP contribution in [0.25, 0.3) is 0 Å². The topological polar surface area (TPSA) is 53.2 Å². The maximum Gasteiger partial charge on any atom is 0.416 e. The normalized spacial score (nSPS) is 17.6. The van der Waals surface area contributed by atoms with Crippen molar-refractivity contribution < 1.29 is 18.0 Å². The van der Waals surface area contributed by atoms with Gasteiger partial charge in [0, 0.05) is 31.0 Å². The number of rotatable bonds is 4. The number of aromatic nitrogens is 1. The number of carbonyl (C=O) groups excluding carboxylic acids is 1. The Bertz CT molecular complexity index is 905. The van der Waals surface area contributed by atoms with E-state index in [1.807, 2.05) is 0 Å². The van der Waals surface area contributed by atoms with Crippen LogP contribution in [0.5, 0.6) is 0 Å². The van der Waals surface area contributed by atoms with E-state index in [-0.39, 0.29) is 28.4 Å². The van der Waals surface area contributed by atoms with Crippen molar-refractivity contribution in [3.05, 3.63) is 69.1 Å². The van der Waals surface area contributed by atoms with Gasteiger partial charge in [0.1, 0.15) is 5.56 Å². The van der Waals surface area contributed by atoms with Crippen molar-refractivity contribution in [3.8, 4) is 0 Å². The number of nitrogens with zero attached hydrogens (tertiary/aromatic N) is 1. The monoisotopic (exact) mass is 392 g/mol. The molecule has 2 heterocycles. The molecular weight excluding hydrogens is 369 g/mol. The summed E-state index contributed by atoms with van der Waals surface area (Å²) in [6.07, 6.45) is -0.404. The lowest BCUT2D eigenvalue weighted by Gasteiger charge is -2.33. The molecule has 4 nitrogen and oxygen atoms in total. The zero-order valence-corrected chi connectivity index (χ0v) is 15.7. The number of pyridine rings is 1. The van der Waals surface area contributed by atoms with Crippen molar-refractivity contribution in [3.63, 3.8) is 0 Å². The number of aryl methyl sites for hydroxylation is 2. The molecule has 0 unspecified atom stereocenters. The maximum atomic E-state index is 13.2. The summed E-state index contributed by atoms with van der Waals surface area (Å²) in [6.45, 7) is 2.76. The quantitative estimate of drug-likeness (QED) is 0.848. The molecule has 1 aliphatic heterocycles. The summed E-state index contributed by atoms with van der Waals surface area (Å²) in [5.74, 6) is -0.204. The standard InChI is InChI=1S/C21H23F3N2O2/c1-14-11-19(27)17(12-25-14)20(28)26-10-4-5-15(13-26)8-9-16-6-2-3-7-18(16)21(22,23)24/h2-3,6-7,11-12,15H,4-5,8-10,13H2,1H3,(H,25,27)/t15-/m1/s1. The van der Waals surface area contributed by atoms with Crippen LogP contribution in [0.1, 0.15) is 46.4 Å². The molecule has 1 aromatic heterocycles. The SMILES string of the molecule is Cc1cc(=O)c(C(=O)N2CCC[C@H](CCc3ccccc3C(F)(F)F)C2)c[nH]1. The third kappa shape index (κ3) is 4.64. The molecule has 1 amide bonds. The average molecular weight is 392 g/mol. The lowest BCUT2D eigenvalue weighted by atomic mass is 9.90. The molecule has 0 aliphatic carbocycles. The van der Waals surface area contributed by atoms with Gasteiger partial charge in [-0.2, -0.15) is 13.2 Å². The first-order chi connectivity index (χ1) is 13.3. The van der Waals surface area contributed by atoms with Crippen LogP contribution in [0.2, 0.25) is 0 Å². The number of piperidine rings is 1. The third-order valence-corrected chi connectivity index (χ3v) is 5.24. The fourth-order valence-corrected chi connectivity index (χ4v) is 3.77. The van der Waals surface area contributed by atoms with Crippen molar-refractivity contribution in [2.24, 2.45) is 5.92 Å². The summed E-state index contributed by atoms with van der Waals surface area (Å²) >= 11 is 0. The van der Waals surface area contributed by atoms with Crippen molar-refractivity contribution in [2.45, 2.75) is 38.8 Å². The predicted molar refractivity (Wildman–Crippen MR) is 100 cm³/mol. The summed E-state index contributed by atoms with van der Waals surface area (Å²) < 4.78 is 39.5. The average Bonchev–Trinajstić information content (AvgIpc) is 2.66. The molecule has 0 spiro atoms. The van der Waals surface area contributed by atoms with Crippen LogP contribution >= 0.6 is 0 Å². The van der Waals surface area contributed by atoms with Gasteiger partial charge in [-0.1, -0.05) is 18.2 Å². The van der Waals surface area contributed by atoms with Gasteiger partial charge in [-0.15, -0.1) is 0 Å². The molecule has 1 saturated heterocycles. The number of likely N-dealkylation sites (tertiary alicyclic amines) is 1. The van der Waals surface area contributed by atoms with Crippen LogP contribution in [-0.2, 0) is 12.6 Å². The largest absolute Gasteiger partial charge is 0.416 e. The van der Waals surface area contributed by atoms with Crippen molar-refractivity contribution in [1.82, 2.24) is 9.88 Å². The molecule has 1 atom stereocenters. The smallest absolute Gasteiger partial charge is 0.364 e. The molecule has 1 aromatic carbocycles. The van der Waals surface area contributed by atoms with Gasteiger partial charge >= 0.3 is 6.18 Å². The van der Waals surface area contributed by atoms with E-state index in [4.69, 9.17) is 0 Å². The molecule has 1 aliphatic rings. The third-order valence-electron chi connectivity index (χ3n) is 5.24. The molecule has 150 valence electrons. The van der Waals surface area contributed by atoms with Crippen molar-refractivity contribution >= 4 is 5.91 Å². The minimum absolute atomic E-state index is 0.105. The van der Waals surface area contributed by atoms with E-state index >= 15 is 0 Å². The van der Waals surface area contributed by atoms with Gasteiger partial charge in [0.05, 0.1) is 5.56 Å². The molecule has 1 fully saturated rings. The maximum absolute atomic E-state index is 13.2. The minimum atomic E-state index is -4.36. The lowest BCUT2D eigenvalue weighted by molar-refractivity contribution is -0.138. The molecular formula is C21H23F3N2O2. The Hall–Kier alpha value is -2.57. The van der Waals surface area contributed by atoms with E-state index < -0.39 is 11.7 Å². The first kappa shape index (κ1) is 20.2. The summed E-state index contributed by atoms with van der Waals surface area (Å²) in [4.78, 5) is 29.3. The highest BCUT2D eigenvalue weighted by atomic mass is 19.4. The van der Waals surface area contributed by atoms with Crippen LogP contribution in [0.3, 0.4) is 0 Å². The zero-order valence-electron chi connectivity index (χ0n) is 15.7. The second-order valence-corrected chi connectivity index (χ2v) is 7.35. The summed E-state index contributed by atoms with van der Waals surface area (Å²) in [7, 11) is 0. The molecule has 28 heavy (non-hydrogen) atoms. The van der Waals surface area contributed by atoms with Gasteiger partial charge < -0.3 is 9.88 Å². The van der Waals surface area contributed by atoms with Gasteiger partial charge in [0.15, 0.2) is 5.43 Å². The van der Waals surface area contributed by atoms with E-state index in [0.29, 0.717) is 31.6 Å². The van der Waals surface area contributed by atoms with Gasteiger partial charge in [0.2, 0.25) is 0 Å². The van der Waals surface area contributed by atoms with E-state index in [1.54, 1.807) is 17.9 Å². The Morgan fingerprint density at radius 3 is 2.75 bits per heavy atom. The summed E-state index contributed by atoms with van der Waals surface area (Å²) in [5.41, 5.74) is 0.163. The van der Waals surface area contributed by atoms with Crippen molar-refractivity contribution in [1.29, 1.82) is 0 Å². The zero-order chi connectivity index (χ0) is 20.3. The Balaban J connectivity index is 1.66. The Labute approximate surface area is 161 Å². The fraction of sp³-hybridized carbons (Fsp3) is 0.429. The number of H-pyrrole nitrogens is 1. The van der Waals surface area contributed by atoms with E-state index in [9.17, 15) is 22.8 Å². The minimum Gasteiger partial charge on any atom is -0.364 e. The molecule has 0 radical (unpaired) electrons. The highest BCUT2D eigenvalue weighted by Gasteiger charge is 2.33. The van der Waals surface area contributed by atoms with Crippen LogP contribution in [-0.4, -0.2) is 28.9 Å². The second-order valence-electron chi connectivity index (χ2n) is 7.35.